The molecule has 0 rings (SSSR count). The molecule has 620 valence electrons. The lowest BCUT2D eigenvalue weighted by atomic mass is 10.0. The van der Waals surface area contributed by atoms with Gasteiger partial charge in [-0.15, -0.1) is 0 Å². The number of phosphoric ester groups is 2. The summed E-state index contributed by atoms with van der Waals surface area (Å²) in [5.74, 6) is -2.29. The molecule has 0 fully saturated rings. The van der Waals surface area contributed by atoms with Gasteiger partial charge in [0.05, 0.1) is 26.4 Å². The van der Waals surface area contributed by atoms with Crippen LogP contribution in [0.4, 0.5) is 0 Å². The maximum absolute atomic E-state index is 13.1. The van der Waals surface area contributed by atoms with E-state index in [-0.39, 0.29) is 25.7 Å². The second-order valence-electron chi connectivity index (χ2n) is 28.0. The number of unbranched alkanes of at least 4 members (excludes halogenated alkanes) is 31. The first-order valence-electron chi connectivity index (χ1n) is 42.4. The van der Waals surface area contributed by atoms with Crippen LogP contribution >= 0.6 is 15.6 Å². The van der Waals surface area contributed by atoms with Gasteiger partial charge in [-0.2, -0.15) is 0 Å². The first-order chi connectivity index (χ1) is 52.7. The normalized spacial score (nSPS) is 14.5. The van der Waals surface area contributed by atoms with Crippen LogP contribution in [0.1, 0.15) is 349 Å². The summed E-state index contributed by atoms with van der Waals surface area (Å²) in [4.78, 5) is 73.2. The zero-order chi connectivity index (χ0) is 78.9. The number of esters is 4. The summed E-state index contributed by atoms with van der Waals surface area (Å²) in [6.45, 7) is 4.58. The number of hydrogen-bond donors (Lipinski definition) is 3. The van der Waals surface area contributed by atoms with Gasteiger partial charge in [-0.05, 0) is 109 Å². The van der Waals surface area contributed by atoms with E-state index >= 15 is 0 Å². The summed E-state index contributed by atoms with van der Waals surface area (Å²) in [7, 11) is -9.99. The van der Waals surface area contributed by atoms with Gasteiger partial charge in [-0.25, -0.2) is 9.13 Å². The molecule has 0 heterocycles. The Hall–Kier alpha value is -4.80. The number of aliphatic hydroxyl groups is 1. The molecule has 0 radical (unpaired) electrons. The Morgan fingerprint density at radius 1 is 0.269 bits per heavy atom. The molecule has 0 amide bonds. The number of allylic oxidation sites excluding steroid dienone is 22. The van der Waals surface area contributed by atoms with Crippen LogP contribution in [0.3, 0.4) is 0 Å². The first-order valence-corrected chi connectivity index (χ1v) is 45.4. The van der Waals surface area contributed by atoms with Crippen LogP contribution in [0.15, 0.2) is 134 Å². The maximum Gasteiger partial charge on any atom is 0.472 e. The van der Waals surface area contributed by atoms with E-state index in [0.29, 0.717) is 32.1 Å². The predicted octanol–water partition coefficient (Wildman–Crippen LogP) is 25.2. The summed E-state index contributed by atoms with van der Waals surface area (Å²) in [6, 6.07) is 0. The molecule has 0 aromatic heterocycles. The van der Waals surface area contributed by atoms with Crippen molar-refractivity contribution < 1.29 is 80.2 Å². The molecule has 0 aliphatic carbocycles. The predicted molar refractivity (Wildman–Crippen MR) is 445 cm³/mol. The minimum atomic E-state index is -5.00. The molecule has 0 saturated heterocycles. The van der Waals surface area contributed by atoms with Crippen molar-refractivity contribution in [2.24, 2.45) is 0 Å². The van der Waals surface area contributed by atoms with Gasteiger partial charge in [-0.3, -0.25) is 37.3 Å². The highest BCUT2D eigenvalue weighted by Crippen LogP contribution is 2.45. The molecule has 0 aliphatic rings. The number of carbonyl (C=O) groups excluding carboxylic acids is 4. The van der Waals surface area contributed by atoms with Crippen LogP contribution in [0.2, 0.25) is 0 Å². The fraction of sp³-hybridized carbons (Fsp3) is 0.708. The monoisotopic (exact) mass is 1560 g/mol. The van der Waals surface area contributed by atoms with Gasteiger partial charge < -0.3 is 33.8 Å². The molecule has 19 heteroatoms. The van der Waals surface area contributed by atoms with Crippen LogP contribution in [0.5, 0.6) is 0 Å². The van der Waals surface area contributed by atoms with E-state index in [9.17, 15) is 43.2 Å². The third-order valence-electron chi connectivity index (χ3n) is 17.7. The van der Waals surface area contributed by atoms with Crippen molar-refractivity contribution in [3.63, 3.8) is 0 Å². The van der Waals surface area contributed by atoms with Crippen LogP contribution in [-0.2, 0) is 65.4 Å². The van der Waals surface area contributed by atoms with Gasteiger partial charge >= 0.3 is 39.5 Å². The Morgan fingerprint density at radius 3 is 0.796 bits per heavy atom. The Morgan fingerprint density at radius 2 is 0.500 bits per heavy atom. The third kappa shape index (κ3) is 79.3. The highest BCUT2D eigenvalue weighted by molar-refractivity contribution is 7.47. The Labute approximate surface area is 656 Å². The number of rotatable bonds is 79. The lowest BCUT2D eigenvalue weighted by Gasteiger charge is -2.21. The quantitative estimate of drug-likeness (QED) is 0.0169. The largest absolute Gasteiger partial charge is 0.472 e. The van der Waals surface area contributed by atoms with E-state index in [0.717, 1.165) is 135 Å². The SMILES string of the molecule is CC/C=C\C/C=C\C/C=C\C/C=C\C/C=C\C/C=C\CCC(=O)OCC(COP(=O)(O)OCC(O)COP(=O)(O)OCC(COC(=O)CCCCC/C=C\C/C=C\C/C=C\C/C=C\C/C=C\CC)OC(=O)CCCCCCCCCCCCCCCCC)OC(=O)CCCCCCCCCCCCCCCCC. The third-order valence-corrected chi connectivity index (χ3v) is 19.6. The molecular weight excluding hydrogens is 1400 g/mol. The first kappa shape index (κ1) is 103. The van der Waals surface area contributed by atoms with Crippen LogP contribution in [-0.4, -0.2) is 96.7 Å². The minimum absolute atomic E-state index is 0.0356. The lowest BCUT2D eigenvalue weighted by molar-refractivity contribution is -0.161. The molecule has 0 aromatic carbocycles. The molecule has 0 saturated carbocycles. The molecule has 0 spiro atoms. The van der Waals surface area contributed by atoms with Crippen LogP contribution < -0.4 is 0 Å². The van der Waals surface area contributed by atoms with Gasteiger partial charge in [0.1, 0.15) is 19.3 Å². The van der Waals surface area contributed by atoms with Gasteiger partial charge in [-0.1, -0.05) is 348 Å². The van der Waals surface area contributed by atoms with Crippen LogP contribution in [0, 0.1) is 0 Å². The fourth-order valence-electron chi connectivity index (χ4n) is 11.3. The van der Waals surface area contributed by atoms with E-state index in [1.807, 2.05) is 12.2 Å². The van der Waals surface area contributed by atoms with Gasteiger partial charge in [0.15, 0.2) is 12.2 Å². The lowest BCUT2D eigenvalue weighted by Crippen LogP contribution is -2.30. The highest BCUT2D eigenvalue weighted by atomic mass is 31.2. The average molecular weight is 1560 g/mol. The number of carbonyl (C=O) groups is 4. The summed E-state index contributed by atoms with van der Waals surface area (Å²) in [5.41, 5.74) is 0. The molecule has 0 bridgehead atoms. The number of ether oxygens (including phenoxy) is 4. The average Bonchev–Trinajstić information content (AvgIpc) is 0.923. The zero-order valence-electron chi connectivity index (χ0n) is 68.0. The van der Waals surface area contributed by atoms with E-state index in [4.69, 9.17) is 37.0 Å². The second-order valence-corrected chi connectivity index (χ2v) is 30.9. The topological polar surface area (TPSA) is 237 Å². The number of phosphoric acid groups is 2. The summed E-state index contributed by atoms with van der Waals surface area (Å²) >= 11 is 0. The Balaban J connectivity index is 5.44. The van der Waals surface area contributed by atoms with Gasteiger partial charge in [0.2, 0.25) is 0 Å². The molecule has 108 heavy (non-hydrogen) atoms. The standard InChI is InChI=1S/C89H152O17P2/c1-5-9-13-17-21-25-29-33-37-39-41-43-47-49-53-57-61-65-69-73-86(91)99-79-84(105-88(93)75-71-67-63-59-55-51-45-35-31-27-23-19-15-11-7-3)81-103-107(95,96)101-77-83(90)78-102-108(97,98)104-82-85(106-89(94)76-72-68-64-60-56-52-46-36-32-28-24-20-16-12-8-4)80-100-87(92)74-70-66-62-58-54-50-48-44-42-40-38-34-30-26-22-18-14-10-6-2/h9-10,13-14,21-22,25-26,33-34,37-38,41-44,49-50,53-54,61,65,83-85,90H,5-8,11-12,15-20,23-24,27-32,35-36,39-40,45-48,51-52,55-60,62-64,66-82H2,1-4H3,(H,95,96)(H,97,98)/b13-9-,14-10-,25-21-,26-22-,37-33-,38-34-,43-41-,44-42-,53-49-,54-50-,65-61-. The molecule has 17 nitrogen and oxygen atoms in total. The number of aliphatic hydroxyl groups excluding tert-OH is 1. The van der Waals surface area contributed by atoms with Crippen molar-refractivity contribution in [3.05, 3.63) is 134 Å². The van der Waals surface area contributed by atoms with Crippen molar-refractivity contribution in [3.8, 4) is 0 Å². The van der Waals surface area contributed by atoms with Crippen molar-refractivity contribution in [1.29, 1.82) is 0 Å². The molecule has 5 unspecified atom stereocenters. The van der Waals surface area contributed by atoms with Gasteiger partial charge in [0, 0.05) is 25.7 Å². The van der Waals surface area contributed by atoms with E-state index in [1.54, 1.807) is 0 Å². The van der Waals surface area contributed by atoms with Crippen molar-refractivity contribution in [2.45, 2.75) is 367 Å². The maximum atomic E-state index is 13.1. The van der Waals surface area contributed by atoms with E-state index in [2.05, 4.69) is 149 Å². The molecule has 0 aliphatic heterocycles. The summed E-state index contributed by atoms with van der Waals surface area (Å²) < 4.78 is 68.7. The van der Waals surface area contributed by atoms with E-state index < -0.39 is 97.5 Å². The Bertz CT molecular complexity index is 2560. The smallest absolute Gasteiger partial charge is 0.462 e. The molecular formula is C89H152O17P2. The summed E-state index contributed by atoms with van der Waals surface area (Å²) in [6.07, 6.45) is 91.4. The van der Waals surface area contributed by atoms with Gasteiger partial charge in [0.25, 0.3) is 0 Å². The van der Waals surface area contributed by atoms with Crippen molar-refractivity contribution >= 4 is 39.5 Å². The molecule has 0 aromatic rings. The zero-order valence-corrected chi connectivity index (χ0v) is 69.8. The molecule has 5 atom stereocenters. The van der Waals surface area contributed by atoms with Crippen molar-refractivity contribution in [1.82, 2.24) is 0 Å². The second kappa shape index (κ2) is 80.3. The highest BCUT2D eigenvalue weighted by Gasteiger charge is 2.30. The Kier molecular flexibility index (Phi) is 76.7. The number of hydrogen-bond acceptors (Lipinski definition) is 15. The van der Waals surface area contributed by atoms with Crippen molar-refractivity contribution in [2.75, 3.05) is 39.6 Å². The van der Waals surface area contributed by atoms with E-state index in [1.165, 1.54) is 128 Å². The minimum Gasteiger partial charge on any atom is -0.462 e. The van der Waals surface area contributed by atoms with Crippen LogP contribution in [0.25, 0.3) is 0 Å². The fourth-order valence-corrected chi connectivity index (χ4v) is 12.9. The molecule has 3 N–H and O–H groups in total. The summed E-state index contributed by atoms with van der Waals surface area (Å²) in [5, 5.41) is 10.7.